The Morgan fingerprint density at radius 2 is 1.71 bits per heavy atom. The molecule has 7 rings (SSSR count). The molecule has 8 nitrogen and oxygen atoms in total. The first-order valence-corrected chi connectivity index (χ1v) is 16.1. The van der Waals surface area contributed by atoms with Crippen molar-refractivity contribution in [2.45, 2.75) is 85.1 Å². The number of carbonyl (C=O) groups excluding carboxylic acids is 1. The number of hydrogen-bond donors (Lipinski definition) is 1. The molecule has 0 atom stereocenters. The predicted octanol–water partition coefficient (Wildman–Crippen LogP) is 7.49. The molecule has 4 fully saturated rings. The summed E-state index contributed by atoms with van der Waals surface area (Å²) in [5, 5.41) is 16.8. The van der Waals surface area contributed by atoms with E-state index in [4.69, 9.17) is 38.0 Å². The van der Waals surface area contributed by atoms with Gasteiger partial charge < -0.3 is 10.1 Å². The monoisotopic (exact) mass is 610 g/mol. The predicted molar refractivity (Wildman–Crippen MR) is 165 cm³/mol. The first kappa shape index (κ1) is 29.4. The molecular formula is C32H40Cl2N6O2. The minimum Gasteiger partial charge on any atom is -0.461 e. The molecule has 0 aliphatic heterocycles. The Hall–Kier alpha value is -2.71. The van der Waals surface area contributed by atoms with Gasteiger partial charge in [0.15, 0.2) is 16.0 Å². The van der Waals surface area contributed by atoms with Crippen LogP contribution >= 0.6 is 23.2 Å². The van der Waals surface area contributed by atoms with Gasteiger partial charge in [-0.05, 0) is 125 Å². The van der Waals surface area contributed by atoms with Gasteiger partial charge in [-0.25, -0.2) is 9.78 Å². The van der Waals surface area contributed by atoms with Crippen molar-refractivity contribution in [1.29, 1.82) is 0 Å². The number of aromatic nitrogens is 5. The summed E-state index contributed by atoms with van der Waals surface area (Å²) in [5.74, 6) is 2.93. The number of esters is 1. The van der Waals surface area contributed by atoms with Crippen LogP contribution in [-0.2, 0) is 17.7 Å². The van der Waals surface area contributed by atoms with E-state index < -0.39 is 5.97 Å². The van der Waals surface area contributed by atoms with Crippen molar-refractivity contribution >= 4 is 35.0 Å². The summed E-state index contributed by atoms with van der Waals surface area (Å²) in [6.07, 6.45) is 12.7. The Balaban J connectivity index is 1.14. The quantitative estimate of drug-likeness (QED) is 0.177. The van der Waals surface area contributed by atoms with Crippen LogP contribution in [0.2, 0.25) is 10.3 Å². The molecule has 0 aromatic carbocycles. The normalized spacial score (nSPS) is 24.3. The van der Waals surface area contributed by atoms with E-state index in [1.54, 1.807) is 0 Å². The summed E-state index contributed by atoms with van der Waals surface area (Å²) >= 11 is 12.3. The largest absolute Gasteiger partial charge is 0.461 e. The molecule has 3 aromatic rings. The molecule has 4 aliphatic rings. The van der Waals surface area contributed by atoms with E-state index in [0.29, 0.717) is 33.8 Å². The van der Waals surface area contributed by atoms with Gasteiger partial charge in [-0.1, -0.05) is 23.2 Å². The lowest BCUT2D eigenvalue weighted by Gasteiger charge is -2.56. The zero-order valence-electron chi connectivity index (χ0n) is 24.8. The second kappa shape index (κ2) is 12.1. The Labute approximate surface area is 257 Å². The summed E-state index contributed by atoms with van der Waals surface area (Å²) in [6.45, 7) is 7.79. The van der Waals surface area contributed by atoms with E-state index in [2.05, 4.69) is 27.1 Å². The third-order valence-electron chi connectivity index (χ3n) is 9.80. The zero-order valence-corrected chi connectivity index (χ0v) is 26.3. The van der Waals surface area contributed by atoms with E-state index >= 15 is 0 Å². The second-order valence-corrected chi connectivity index (χ2v) is 13.5. The van der Waals surface area contributed by atoms with Crippen LogP contribution in [0.15, 0.2) is 18.3 Å². The van der Waals surface area contributed by atoms with Gasteiger partial charge in [0.25, 0.3) is 0 Å². The summed E-state index contributed by atoms with van der Waals surface area (Å²) in [6, 6.07) is 3.90. The summed E-state index contributed by atoms with van der Waals surface area (Å²) in [7, 11) is 0. The highest BCUT2D eigenvalue weighted by Gasteiger charge is 2.51. The van der Waals surface area contributed by atoms with Gasteiger partial charge in [0.2, 0.25) is 0 Å². The van der Waals surface area contributed by atoms with Gasteiger partial charge >= 0.3 is 5.97 Å². The molecule has 10 heteroatoms. The number of nitrogens with zero attached hydrogens (tertiary/aromatic N) is 5. The third kappa shape index (κ3) is 5.89. The molecule has 4 aliphatic carbocycles. The van der Waals surface area contributed by atoms with E-state index in [1.807, 2.05) is 32.2 Å². The minimum atomic E-state index is -0.420. The third-order valence-corrected chi connectivity index (χ3v) is 10.5. The fraction of sp³-hybridized carbons (Fsp3) is 0.594. The van der Waals surface area contributed by atoms with Crippen LogP contribution in [0.4, 0.5) is 5.82 Å². The van der Waals surface area contributed by atoms with Crippen molar-refractivity contribution in [3.05, 3.63) is 51.2 Å². The molecule has 3 aromatic heterocycles. The van der Waals surface area contributed by atoms with Crippen LogP contribution in [0.3, 0.4) is 0 Å². The highest BCUT2D eigenvalue weighted by Crippen LogP contribution is 2.60. The van der Waals surface area contributed by atoms with Crippen LogP contribution in [0.1, 0.15) is 85.6 Å². The minimum absolute atomic E-state index is 0.289. The van der Waals surface area contributed by atoms with Crippen molar-refractivity contribution < 1.29 is 9.53 Å². The molecule has 4 saturated carbocycles. The molecule has 4 bridgehead atoms. The number of hydrogen-bond acceptors (Lipinski definition) is 7. The Morgan fingerprint density at radius 3 is 2.40 bits per heavy atom. The van der Waals surface area contributed by atoms with Crippen molar-refractivity contribution in [2.75, 3.05) is 18.5 Å². The van der Waals surface area contributed by atoms with Crippen molar-refractivity contribution in [1.82, 2.24) is 25.0 Å². The number of unbranched alkanes of at least 4 members (excludes halogenated alkanes) is 1. The van der Waals surface area contributed by atoms with Crippen molar-refractivity contribution in [2.24, 2.45) is 23.2 Å². The fourth-order valence-corrected chi connectivity index (χ4v) is 8.66. The van der Waals surface area contributed by atoms with Gasteiger partial charge in [0, 0.05) is 29.9 Å². The number of halogens is 2. The van der Waals surface area contributed by atoms with E-state index in [-0.39, 0.29) is 6.61 Å². The SMILES string of the molecule is CCOC(=O)c1nc(NCCCCc2c(Cl)nnc(Cl)c2C)ccc1-c1cnn(CC23CC4CC(CC(C4)C2)C3)c1C. The van der Waals surface area contributed by atoms with E-state index in [9.17, 15) is 4.79 Å². The number of pyridine rings is 1. The number of rotatable bonds is 11. The molecular weight excluding hydrogens is 571 g/mol. The van der Waals surface area contributed by atoms with Gasteiger partial charge in [0.05, 0.1) is 12.8 Å². The number of ether oxygens (including phenoxy) is 1. The average molecular weight is 612 g/mol. The van der Waals surface area contributed by atoms with Crippen LogP contribution in [0.25, 0.3) is 11.1 Å². The molecule has 3 heterocycles. The lowest BCUT2D eigenvalue weighted by Crippen LogP contribution is -2.48. The van der Waals surface area contributed by atoms with Gasteiger partial charge in [-0.3, -0.25) is 4.68 Å². The number of anilines is 1. The molecule has 0 spiro atoms. The molecule has 1 N–H and O–H groups in total. The lowest BCUT2D eigenvalue weighted by atomic mass is 9.49. The van der Waals surface area contributed by atoms with E-state index in [1.165, 1.54) is 38.5 Å². The first-order valence-electron chi connectivity index (χ1n) is 15.4. The molecule has 42 heavy (non-hydrogen) atoms. The van der Waals surface area contributed by atoms with Crippen LogP contribution in [-0.4, -0.2) is 44.1 Å². The highest BCUT2D eigenvalue weighted by molar-refractivity contribution is 6.32. The smallest absolute Gasteiger partial charge is 0.357 e. The maximum Gasteiger partial charge on any atom is 0.357 e. The maximum absolute atomic E-state index is 13.1. The average Bonchev–Trinajstić information content (AvgIpc) is 3.30. The Morgan fingerprint density at radius 1 is 1.02 bits per heavy atom. The van der Waals surface area contributed by atoms with E-state index in [0.717, 1.165) is 71.5 Å². The Bertz CT molecular complexity index is 1440. The van der Waals surface area contributed by atoms with Gasteiger partial charge in [-0.15, -0.1) is 10.2 Å². The van der Waals surface area contributed by atoms with Crippen LogP contribution in [0, 0.1) is 37.0 Å². The Kier molecular flexibility index (Phi) is 8.47. The van der Waals surface area contributed by atoms with Gasteiger partial charge in [0.1, 0.15) is 5.82 Å². The summed E-state index contributed by atoms with van der Waals surface area (Å²) in [4.78, 5) is 17.8. The molecule has 0 radical (unpaired) electrons. The second-order valence-electron chi connectivity index (χ2n) is 12.8. The molecule has 0 saturated heterocycles. The zero-order chi connectivity index (χ0) is 29.4. The van der Waals surface area contributed by atoms with Crippen LogP contribution in [0.5, 0.6) is 0 Å². The van der Waals surface area contributed by atoms with Crippen molar-refractivity contribution in [3.8, 4) is 11.1 Å². The highest BCUT2D eigenvalue weighted by atomic mass is 35.5. The topological polar surface area (TPSA) is 94.8 Å². The first-order chi connectivity index (χ1) is 20.2. The van der Waals surface area contributed by atoms with Gasteiger partial charge in [-0.2, -0.15) is 5.10 Å². The lowest BCUT2D eigenvalue weighted by molar-refractivity contribution is -0.0638. The molecule has 0 unspecified atom stereocenters. The van der Waals surface area contributed by atoms with Crippen LogP contribution < -0.4 is 5.32 Å². The maximum atomic E-state index is 13.1. The number of nitrogens with one attached hydrogen (secondary N) is 1. The summed E-state index contributed by atoms with van der Waals surface area (Å²) in [5.41, 5.74) is 5.29. The standard InChI is InChI=1S/C32H40Cl2N6O2/c1-4-42-31(41)28-25(8-9-27(37-28)35-10-6-5-7-24-19(2)29(33)38-39-30(24)34)26-17-36-40(20(26)3)18-32-14-21-11-22(15-32)13-23(12-21)16-32/h8-9,17,21-23H,4-7,10-16,18H2,1-3H3,(H,35,37). The molecule has 224 valence electrons. The fourth-order valence-electron chi connectivity index (χ4n) is 8.24. The number of carbonyl (C=O) groups is 1. The molecule has 0 amide bonds. The van der Waals surface area contributed by atoms with Crippen molar-refractivity contribution in [3.63, 3.8) is 0 Å². The summed E-state index contributed by atoms with van der Waals surface area (Å²) < 4.78 is 7.60.